The normalized spacial score (nSPS) is 13.0. The molecule has 0 bridgehead atoms. The number of hydrogen-bond acceptors (Lipinski definition) is 3. The standard InChI is InChI=1S/C19H42N2O/c1-4-6-8-10-12-14-16-20-19(18(3)22)21-17-15-13-11-9-7-5-2/h18-22H,4-17H2,1-3H3. The number of hydrogen-bond donors (Lipinski definition) is 3. The van der Waals surface area contributed by atoms with E-state index >= 15 is 0 Å². The summed E-state index contributed by atoms with van der Waals surface area (Å²) in [5.74, 6) is 0. The van der Waals surface area contributed by atoms with Gasteiger partial charge in [0.15, 0.2) is 0 Å². The zero-order valence-corrected chi connectivity index (χ0v) is 15.5. The predicted octanol–water partition coefficient (Wildman–Crippen LogP) is 4.59. The van der Waals surface area contributed by atoms with Crippen molar-refractivity contribution in [2.75, 3.05) is 13.1 Å². The van der Waals surface area contributed by atoms with Gasteiger partial charge in [-0.1, -0.05) is 78.1 Å². The molecule has 0 radical (unpaired) electrons. The Kier molecular flexibility index (Phi) is 17.1. The second kappa shape index (κ2) is 17.2. The first-order valence-corrected chi connectivity index (χ1v) is 9.87. The van der Waals surface area contributed by atoms with Crippen LogP contribution in [0.2, 0.25) is 0 Å². The molecular formula is C19H42N2O. The predicted molar refractivity (Wildman–Crippen MR) is 98.2 cm³/mol. The maximum atomic E-state index is 9.83. The number of rotatable bonds is 17. The van der Waals surface area contributed by atoms with Gasteiger partial charge in [0.2, 0.25) is 0 Å². The van der Waals surface area contributed by atoms with Crippen LogP contribution >= 0.6 is 0 Å². The lowest BCUT2D eigenvalue weighted by atomic mass is 10.1. The van der Waals surface area contributed by atoms with E-state index in [1.165, 1.54) is 77.0 Å². The molecule has 0 aliphatic carbocycles. The van der Waals surface area contributed by atoms with Crippen molar-refractivity contribution in [1.82, 2.24) is 10.6 Å². The Balaban J connectivity index is 3.49. The Labute approximate surface area is 139 Å². The Morgan fingerprint density at radius 1 is 0.636 bits per heavy atom. The number of unbranched alkanes of at least 4 members (excludes halogenated alkanes) is 10. The van der Waals surface area contributed by atoms with Crippen LogP contribution in [0.1, 0.15) is 97.8 Å². The van der Waals surface area contributed by atoms with Gasteiger partial charge in [0.1, 0.15) is 0 Å². The summed E-state index contributed by atoms with van der Waals surface area (Å²) >= 11 is 0. The van der Waals surface area contributed by atoms with E-state index in [0.717, 1.165) is 13.1 Å². The number of aliphatic hydroxyl groups is 1. The van der Waals surface area contributed by atoms with Crippen LogP contribution in [0.3, 0.4) is 0 Å². The quantitative estimate of drug-likeness (QED) is 0.272. The second-order valence-electron chi connectivity index (χ2n) is 6.66. The summed E-state index contributed by atoms with van der Waals surface area (Å²) in [7, 11) is 0. The van der Waals surface area contributed by atoms with Crippen molar-refractivity contribution < 1.29 is 5.11 Å². The Hall–Kier alpha value is -0.120. The molecule has 3 N–H and O–H groups in total. The van der Waals surface area contributed by atoms with Crippen LogP contribution in [0, 0.1) is 0 Å². The van der Waals surface area contributed by atoms with Crippen LogP contribution in [0.4, 0.5) is 0 Å². The number of aliphatic hydroxyl groups excluding tert-OH is 1. The average molecular weight is 315 g/mol. The molecule has 0 heterocycles. The molecule has 3 heteroatoms. The minimum absolute atomic E-state index is 0.0475. The molecule has 0 rings (SSSR count). The van der Waals surface area contributed by atoms with Crippen molar-refractivity contribution in [1.29, 1.82) is 0 Å². The molecule has 0 aromatic carbocycles. The first-order valence-electron chi connectivity index (χ1n) is 9.87. The van der Waals surface area contributed by atoms with E-state index in [-0.39, 0.29) is 12.3 Å². The summed E-state index contributed by atoms with van der Waals surface area (Å²) in [6.45, 7) is 8.39. The van der Waals surface area contributed by atoms with Gasteiger partial charge >= 0.3 is 0 Å². The van der Waals surface area contributed by atoms with Crippen LogP contribution in [-0.4, -0.2) is 30.5 Å². The summed E-state index contributed by atoms with van der Waals surface area (Å²) in [6.07, 6.45) is 15.5. The highest BCUT2D eigenvalue weighted by Crippen LogP contribution is 2.05. The summed E-state index contributed by atoms with van der Waals surface area (Å²) in [6, 6.07) is 0. The van der Waals surface area contributed by atoms with Gasteiger partial charge in [-0.15, -0.1) is 0 Å². The summed E-state index contributed by atoms with van der Waals surface area (Å²) in [5.41, 5.74) is 0. The lowest BCUT2D eigenvalue weighted by Gasteiger charge is -2.23. The van der Waals surface area contributed by atoms with E-state index in [9.17, 15) is 5.11 Å². The molecule has 0 fully saturated rings. The third kappa shape index (κ3) is 14.8. The largest absolute Gasteiger partial charge is 0.390 e. The Morgan fingerprint density at radius 3 is 1.36 bits per heavy atom. The highest BCUT2D eigenvalue weighted by Gasteiger charge is 2.12. The summed E-state index contributed by atoms with van der Waals surface area (Å²) in [4.78, 5) is 0. The van der Waals surface area contributed by atoms with Crippen molar-refractivity contribution in [3.63, 3.8) is 0 Å². The minimum atomic E-state index is -0.333. The molecule has 0 aromatic heterocycles. The SMILES string of the molecule is CCCCCCCCNC(NCCCCCCCC)C(C)O. The van der Waals surface area contributed by atoms with Gasteiger partial charge in [0.25, 0.3) is 0 Å². The molecule has 0 saturated carbocycles. The van der Waals surface area contributed by atoms with Crippen LogP contribution in [0.5, 0.6) is 0 Å². The smallest absolute Gasteiger partial charge is 0.0836 e. The van der Waals surface area contributed by atoms with Crippen molar-refractivity contribution in [3.05, 3.63) is 0 Å². The van der Waals surface area contributed by atoms with Crippen LogP contribution in [0.25, 0.3) is 0 Å². The Bertz CT molecular complexity index is 192. The second-order valence-corrected chi connectivity index (χ2v) is 6.66. The fraction of sp³-hybridized carbons (Fsp3) is 1.00. The van der Waals surface area contributed by atoms with E-state index in [1.807, 2.05) is 6.92 Å². The van der Waals surface area contributed by atoms with Gasteiger partial charge in [-0.3, -0.25) is 10.6 Å². The first kappa shape index (κ1) is 21.9. The van der Waals surface area contributed by atoms with E-state index < -0.39 is 0 Å². The first-order chi connectivity index (χ1) is 10.7. The highest BCUT2D eigenvalue weighted by molar-refractivity contribution is 4.70. The van der Waals surface area contributed by atoms with E-state index in [0.29, 0.717) is 0 Å². The average Bonchev–Trinajstić information content (AvgIpc) is 2.50. The molecule has 22 heavy (non-hydrogen) atoms. The molecule has 0 aliphatic heterocycles. The lowest BCUT2D eigenvalue weighted by molar-refractivity contribution is 0.126. The summed E-state index contributed by atoms with van der Waals surface area (Å²) in [5, 5.41) is 16.8. The zero-order valence-electron chi connectivity index (χ0n) is 15.5. The van der Waals surface area contributed by atoms with Crippen LogP contribution in [-0.2, 0) is 0 Å². The molecular weight excluding hydrogens is 272 g/mol. The van der Waals surface area contributed by atoms with Gasteiger partial charge in [-0.05, 0) is 32.9 Å². The minimum Gasteiger partial charge on any atom is -0.390 e. The third-order valence-corrected chi connectivity index (χ3v) is 4.27. The topological polar surface area (TPSA) is 44.3 Å². The van der Waals surface area contributed by atoms with Crippen molar-refractivity contribution in [2.24, 2.45) is 0 Å². The maximum absolute atomic E-state index is 9.83. The van der Waals surface area contributed by atoms with E-state index in [2.05, 4.69) is 24.5 Å². The van der Waals surface area contributed by atoms with Gasteiger partial charge in [-0.25, -0.2) is 0 Å². The van der Waals surface area contributed by atoms with Crippen LogP contribution in [0.15, 0.2) is 0 Å². The molecule has 0 aromatic rings. The number of nitrogens with one attached hydrogen (secondary N) is 2. The molecule has 0 amide bonds. The molecule has 0 saturated heterocycles. The third-order valence-electron chi connectivity index (χ3n) is 4.27. The molecule has 0 spiro atoms. The van der Waals surface area contributed by atoms with Crippen molar-refractivity contribution in [2.45, 2.75) is 110 Å². The molecule has 1 atom stereocenters. The lowest BCUT2D eigenvalue weighted by Crippen LogP contribution is -2.50. The van der Waals surface area contributed by atoms with Crippen LogP contribution < -0.4 is 10.6 Å². The van der Waals surface area contributed by atoms with Gasteiger partial charge in [0, 0.05) is 0 Å². The van der Waals surface area contributed by atoms with Crippen molar-refractivity contribution in [3.8, 4) is 0 Å². The fourth-order valence-corrected chi connectivity index (χ4v) is 2.74. The highest BCUT2D eigenvalue weighted by atomic mass is 16.3. The molecule has 134 valence electrons. The Morgan fingerprint density at radius 2 is 1.00 bits per heavy atom. The maximum Gasteiger partial charge on any atom is 0.0836 e. The molecule has 1 unspecified atom stereocenters. The van der Waals surface area contributed by atoms with E-state index in [1.54, 1.807) is 0 Å². The summed E-state index contributed by atoms with van der Waals surface area (Å²) < 4.78 is 0. The fourth-order valence-electron chi connectivity index (χ4n) is 2.74. The zero-order chi connectivity index (χ0) is 16.5. The van der Waals surface area contributed by atoms with Crippen molar-refractivity contribution >= 4 is 0 Å². The molecule has 3 nitrogen and oxygen atoms in total. The molecule has 0 aliphatic rings. The van der Waals surface area contributed by atoms with E-state index in [4.69, 9.17) is 0 Å². The van der Waals surface area contributed by atoms with Gasteiger partial charge in [0.05, 0.1) is 12.3 Å². The van der Waals surface area contributed by atoms with Gasteiger partial charge in [-0.2, -0.15) is 0 Å². The van der Waals surface area contributed by atoms with Gasteiger partial charge < -0.3 is 5.11 Å². The monoisotopic (exact) mass is 314 g/mol.